The molecule has 0 saturated carbocycles. The second kappa shape index (κ2) is 4.94. The standard InChI is InChI=1S/C14H19N/c1-4-8-12-9-6-7-10-13(12)14(3,15)11-5-2/h4-7,9-10H,1-2,8,11,15H2,3H3. The maximum Gasteiger partial charge on any atom is 0.0418 e. The lowest BCUT2D eigenvalue weighted by molar-refractivity contribution is 0.498. The molecule has 0 aliphatic heterocycles. The average molecular weight is 201 g/mol. The molecule has 0 aromatic heterocycles. The third-order valence-corrected chi connectivity index (χ3v) is 2.57. The van der Waals surface area contributed by atoms with E-state index in [1.807, 2.05) is 31.2 Å². The molecule has 0 aliphatic rings. The van der Waals surface area contributed by atoms with Crippen LogP contribution in [0.5, 0.6) is 0 Å². The lowest BCUT2D eigenvalue weighted by atomic mass is 9.85. The van der Waals surface area contributed by atoms with Crippen LogP contribution in [0, 0.1) is 0 Å². The first-order chi connectivity index (χ1) is 7.11. The van der Waals surface area contributed by atoms with Crippen molar-refractivity contribution in [2.75, 3.05) is 0 Å². The van der Waals surface area contributed by atoms with Crippen molar-refractivity contribution >= 4 is 0 Å². The molecule has 1 unspecified atom stereocenters. The molecule has 2 N–H and O–H groups in total. The summed E-state index contributed by atoms with van der Waals surface area (Å²) in [5, 5.41) is 0. The van der Waals surface area contributed by atoms with Gasteiger partial charge in [0.2, 0.25) is 0 Å². The number of benzene rings is 1. The van der Waals surface area contributed by atoms with E-state index >= 15 is 0 Å². The van der Waals surface area contributed by atoms with Gasteiger partial charge in [-0.1, -0.05) is 36.4 Å². The van der Waals surface area contributed by atoms with Gasteiger partial charge in [0.25, 0.3) is 0 Å². The van der Waals surface area contributed by atoms with Crippen LogP contribution in [-0.2, 0) is 12.0 Å². The summed E-state index contributed by atoms with van der Waals surface area (Å²) in [5.74, 6) is 0. The molecule has 15 heavy (non-hydrogen) atoms. The number of allylic oxidation sites excluding steroid dienone is 1. The molecule has 0 saturated heterocycles. The molecule has 1 atom stereocenters. The minimum absolute atomic E-state index is 0.332. The van der Waals surface area contributed by atoms with Gasteiger partial charge >= 0.3 is 0 Å². The highest BCUT2D eigenvalue weighted by Crippen LogP contribution is 2.25. The van der Waals surface area contributed by atoms with Crippen LogP contribution in [0.2, 0.25) is 0 Å². The van der Waals surface area contributed by atoms with Crippen LogP contribution in [0.3, 0.4) is 0 Å². The molecule has 1 nitrogen and oxygen atoms in total. The van der Waals surface area contributed by atoms with Crippen LogP contribution >= 0.6 is 0 Å². The predicted octanol–water partition coefficient (Wildman–Crippen LogP) is 3.17. The van der Waals surface area contributed by atoms with E-state index in [0.717, 1.165) is 12.8 Å². The van der Waals surface area contributed by atoms with Crippen molar-refractivity contribution in [2.45, 2.75) is 25.3 Å². The van der Waals surface area contributed by atoms with Crippen LogP contribution < -0.4 is 5.73 Å². The Balaban J connectivity index is 3.10. The Morgan fingerprint density at radius 3 is 2.53 bits per heavy atom. The largest absolute Gasteiger partial charge is 0.321 e. The van der Waals surface area contributed by atoms with Crippen molar-refractivity contribution in [2.24, 2.45) is 5.73 Å². The van der Waals surface area contributed by atoms with Crippen molar-refractivity contribution in [3.05, 3.63) is 60.7 Å². The van der Waals surface area contributed by atoms with Gasteiger partial charge in [0.15, 0.2) is 0 Å². The molecule has 1 rings (SSSR count). The normalized spacial score (nSPS) is 14.3. The van der Waals surface area contributed by atoms with Gasteiger partial charge < -0.3 is 5.73 Å². The van der Waals surface area contributed by atoms with Gasteiger partial charge in [0.05, 0.1) is 0 Å². The fraction of sp³-hybridized carbons (Fsp3) is 0.286. The second-order valence-corrected chi connectivity index (χ2v) is 4.06. The van der Waals surface area contributed by atoms with Crippen LogP contribution in [0.25, 0.3) is 0 Å². The molecule has 0 radical (unpaired) electrons. The third-order valence-electron chi connectivity index (χ3n) is 2.57. The number of hydrogen-bond acceptors (Lipinski definition) is 1. The average Bonchev–Trinajstić information content (AvgIpc) is 2.19. The molecular formula is C14H19N. The molecule has 1 aromatic rings. The van der Waals surface area contributed by atoms with E-state index in [1.165, 1.54) is 11.1 Å². The fourth-order valence-corrected chi connectivity index (χ4v) is 1.82. The van der Waals surface area contributed by atoms with E-state index in [4.69, 9.17) is 5.73 Å². The molecular weight excluding hydrogens is 182 g/mol. The van der Waals surface area contributed by atoms with Crippen molar-refractivity contribution in [3.63, 3.8) is 0 Å². The van der Waals surface area contributed by atoms with Crippen molar-refractivity contribution in [3.8, 4) is 0 Å². The van der Waals surface area contributed by atoms with Crippen molar-refractivity contribution < 1.29 is 0 Å². The van der Waals surface area contributed by atoms with Crippen molar-refractivity contribution in [1.82, 2.24) is 0 Å². The summed E-state index contributed by atoms with van der Waals surface area (Å²) in [6, 6.07) is 8.25. The zero-order valence-electron chi connectivity index (χ0n) is 9.37. The van der Waals surface area contributed by atoms with Crippen LogP contribution in [0.1, 0.15) is 24.5 Å². The van der Waals surface area contributed by atoms with Crippen molar-refractivity contribution in [1.29, 1.82) is 0 Å². The molecule has 0 aliphatic carbocycles. The molecule has 0 bridgehead atoms. The Labute approximate surface area is 92.3 Å². The van der Waals surface area contributed by atoms with Gasteiger partial charge in [-0.2, -0.15) is 0 Å². The van der Waals surface area contributed by atoms with E-state index in [9.17, 15) is 0 Å². The first-order valence-corrected chi connectivity index (χ1v) is 5.21. The first-order valence-electron chi connectivity index (χ1n) is 5.21. The maximum absolute atomic E-state index is 6.27. The fourth-order valence-electron chi connectivity index (χ4n) is 1.82. The zero-order chi connectivity index (χ0) is 11.3. The minimum atomic E-state index is -0.332. The van der Waals surface area contributed by atoms with Gasteiger partial charge in [0, 0.05) is 5.54 Å². The molecule has 0 amide bonds. The molecule has 1 heteroatoms. The van der Waals surface area contributed by atoms with E-state index in [2.05, 4.69) is 25.3 Å². The molecule has 0 spiro atoms. The van der Waals surface area contributed by atoms with Crippen LogP contribution in [0.15, 0.2) is 49.6 Å². The molecule has 0 fully saturated rings. The Morgan fingerprint density at radius 2 is 1.93 bits per heavy atom. The second-order valence-electron chi connectivity index (χ2n) is 4.06. The topological polar surface area (TPSA) is 26.0 Å². The zero-order valence-corrected chi connectivity index (χ0v) is 9.37. The summed E-state index contributed by atoms with van der Waals surface area (Å²) in [6.07, 6.45) is 5.41. The van der Waals surface area contributed by atoms with Crippen LogP contribution in [0.4, 0.5) is 0 Å². The number of hydrogen-bond donors (Lipinski definition) is 1. The highest BCUT2D eigenvalue weighted by atomic mass is 14.7. The van der Waals surface area contributed by atoms with E-state index in [-0.39, 0.29) is 5.54 Å². The smallest absolute Gasteiger partial charge is 0.0418 e. The summed E-state index contributed by atoms with van der Waals surface area (Å²) in [7, 11) is 0. The summed E-state index contributed by atoms with van der Waals surface area (Å²) >= 11 is 0. The quantitative estimate of drug-likeness (QED) is 0.727. The maximum atomic E-state index is 6.27. The van der Waals surface area contributed by atoms with Crippen LogP contribution in [-0.4, -0.2) is 0 Å². The minimum Gasteiger partial charge on any atom is -0.321 e. The first kappa shape index (κ1) is 11.7. The third kappa shape index (κ3) is 2.80. The Morgan fingerprint density at radius 1 is 1.27 bits per heavy atom. The highest BCUT2D eigenvalue weighted by Gasteiger charge is 2.21. The van der Waals surface area contributed by atoms with E-state index in [0.29, 0.717) is 0 Å². The molecule has 1 aromatic carbocycles. The summed E-state index contributed by atoms with van der Waals surface area (Å²) in [6.45, 7) is 9.55. The summed E-state index contributed by atoms with van der Waals surface area (Å²) in [5.41, 5.74) is 8.38. The SMILES string of the molecule is C=CCc1ccccc1C(C)(N)CC=C. The Hall–Kier alpha value is -1.34. The summed E-state index contributed by atoms with van der Waals surface area (Å²) < 4.78 is 0. The van der Waals surface area contributed by atoms with Gasteiger partial charge in [-0.15, -0.1) is 13.2 Å². The molecule has 0 heterocycles. The predicted molar refractivity (Wildman–Crippen MR) is 66.7 cm³/mol. The highest BCUT2D eigenvalue weighted by molar-refractivity contribution is 5.34. The lowest BCUT2D eigenvalue weighted by Gasteiger charge is -2.26. The monoisotopic (exact) mass is 201 g/mol. The summed E-state index contributed by atoms with van der Waals surface area (Å²) in [4.78, 5) is 0. The Bertz CT molecular complexity index is 350. The number of nitrogens with two attached hydrogens (primary N) is 1. The Kier molecular flexibility index (Phi) is 3.87. The van der Waals surface area contributed by atoms with Gasteiger partial charge in [-0.25, -0.2) is 0 Å². The molecule has 80 valence electrons. The van der Waals surface area contributed by atoms with Gasteiger partial charge in [0.1, 0.15) is 0 Å². The number of rotatable bonds is 5. The van der Waals surface area contributed by atoms with E-state index in [1.54, 1.807) is 0 Å². The van der Waals surface area contributed by atoms with Gasteiger partial charge in [-0.05, 0) is 30.9 Å². The van der Waals surface area contributed by atoms with E-state index < -0.39 is 0 Å². The lowest BCUT2D eigenvalue weighted by Crippen LogP contribution is -2.33. The van der Waals surface area contributed by atoms with Gasteiger partial charge in [-0.3, -0.25) is 0 Å².